The van der Waals surface area contributed by atoms with Gasteiger partial charge in [0.25, 0.3) is 11.7 Å². The highest BCUT2D eigenvalue weighted by Crippen LogP contribution is 2.43. The number of nitrogens with zero attached hydrogens (tertiary/aromatic N) is 3. The number of aromatic nitrogens is 1. The highest BCUT2D eigenvalue weighted by atomic mass is 16.3. The van der Waals surface area contributed by atoms with Crippen molar-refractivity contribution in [2.24, 2.45) is 0 Å². The summed E-state index contributed by atoms with van der Waals surface area (Å²) in [5, 5.41) is 11.1. The number of anilines is 2. The maximum absolute atomic E-state index is 13.3. The highest BCUT2D eigenvalue weighted by molar-refractivity contribution is 6.51. The van der Waals surface area contributed by atoms with Gasteiger partial charge in [-0.25, -0.2) is 0 Å². The first kappa shape index (κ1) is 22.3. The van der Waals surface area contributed by atoms with Gasteiger partial charge in [-0.1, -0.05) is 24.3 Å². The van der Waals surface area contributed by atoms with E-state index in [9.17, 15) is 14.7 Å². The van der Waals surface area contributed by atoms with E-state index < -0.39 is 17.7 Å². The predicted molar refractivity (Wildman–Crippen MR) is 130 cm³/mol. The number of hydrogen-bond donors (Lipinski definition) is 1. The fraction of sp³-hybridized carbons (Fsp3) is 0.222. The number of pyridine rings is 1. The van der Waals surface area contributed by atoms with Crippen LogP contribution in [0.5, 0.6) is 0 Å². The molecule has 2 heterocycles. The normalized spacial score (nSPS) is 17.4. The summed E-state index contributed by atoms with van der Waals surface area (Å²) in [6.45, 7) is 7.86. The Morgan fingerprint density at radius 2 is 1.61 bits per heavy atom. The van der Waals surface area contributed by atoms with E-state index in [0.717, 1.165) is 29.9 Å². The molecule has 168 valence electrons. The minimum absolute atomic E-state index is 0.0771. The fourth-order valence-corrected chi connectivity index (χ4v) is 4.36. The van der Waals surface area contributed by atoms with Crippen molar-refractivity contribution in [1.29, 1.82) is 0 Å². The molecule has 0 aliphatic carbocycles. The number of hydrogen-bond acceptors (Lipinski definition) is 5. The third-order valence-corrected chi connectivity index (χ3v) is 6.14. The van der Waals surface area contributed by atoms with Gasteiger partial charge in [0, 0.05) is 42.4 Å². The zero-order valence-electron chi connectivity index (χ0n) is 19.0. The molecule has 1 aliphatic heterocycles. The molecule has 4 rings (SSSR count). The van der Waals surface area contributed by atoms with E-state index in [2.05, 4.69) is 23.7 Å². The molecule has 1 saturated heterocycles. The van der Waals surface area contributed by atoms with Crippen LogP contribution in [0.1, 0.15) is 36.6 Å². The molecule has 6 heteroatoms. The first-order valence-electron chi connectivity index (χ1n) is 11.1. The number of amides is 1. The lowest BCUT2D eigenvalue weighted by atomic mass is 9.92. The van der Waals surface area contributed by atoms with E-state index in [1.54, 1.807) is 24.5 Å². The monoisotopic (exact) mass is 441 g/mol. The largest absolute Gasteiger partial charge is 0.507 e. The van der Waals surface area contributed by atoms with Gasteiger partial charge in [0.2, 0.25) is 0 Å². The predicted octanol–water partition coefficient (Wildman–Crippen LogP) is 4.86. The van der Waals surface area contributed by atoms with E-state index >= 15 is 0 Å². The van der Waals surface area contributed by atoms with Crippen molar-refractivity contribution >= 4 is 28.8 Å². The first-order chi connectivity index (χ1) is 16.0. The number of rotatable bonds is 6. The third-order valence-electron chi connectivity index (χ3n) is 6.14. The molecule has 0 bridgehead atoms. The van der Waals surface area contributed by atoms with Crippen LogP contribution in [0, 0.1) is 6.92 Å². The topological polar surface area (TPSA) is 73.7 Å². The van der Waals surface area contributed by atoms with Crippen LogP contribution in [0.4, 0.5) is 11.4 Å². The van der Waals surface area contributed by atoms with Gasteiger partial charge in [0.05, 0.1) is 11.6 Å². The highest BCUT2D eigenvalue weighted by Gasteiger charge is 2.47. The van der Waals surface area contributed by atoms with E-state index in [1.165, 1.54) is 4.90 Å². The average molecular weight is 442 g/mol. The van der Waals surface area contributed by atoms with Gasteiger partial charge in [0.1, 0.15) is 5.76 Å². The smallest absolute Gasteiger partial charge is 0.300 e. The summed E-state index contributed by atoms with van der Waals surface area (Å²) >= 11 is 0. The van der Waals surface area contributed by atoms with E-state index in [1.807, 2.05) is 55.5 Å². The van der Waals surface area contributed by atoms with Gasteiger partial charge in [0.15, 0.2) is 0 Å². The van der Waals surface area contributed by atoms with Crippen LogP contribution in [-0.2, 0) is 9.59 Å². The number of benzene rings is 2. The quantitative estimate of drug-likeness (QED) is 0.336. The van der Waals surface area contributed by atoms with Crippen molar-refractivity contribution in [2.45, 2.75) is 26.8 Å². The van der Waals surface area contributed by atoms with Crippen LogP contribution in [0.15, 0.2) is 78.6 Å². The van der Waals surface area contributed by atoms with Gasteiger partial charge in [-0.15, -0.1) is 0 Å². The van der Waals surface area contributed by atoms with E-state index in [4.69, 9.17) is 0 Å². The maximum atomic E-state index is 13.3. The molecule has 1 aromatic heterocycles. The SMILES string of the molecule is CCN(CC)c1ccc(N2C(=O)C(=O)/C(=C(/O)c3ccncc3)C2c2ccccc2C)cc1. The molecule has 1 N–H and O–H groups in total. The molecular formula is C27H27N3O3. The lowest BCUT2D eigenvalue weighted by molar-refractivity contribution is -0.132. The van der Waals surface area contributed by atoms with Gasteiger partial charge >= 0.3 is 0 Å². The lowest BCUT2D eigenvalue weighted by Gasteiger charge is -2.27. The van der Waals surface area contributed by atoms with Gasteiger partial charge in [-0.2, -0.15) is 0 Å². The van der Waals surface area contributed by atoms with Crippen LogP contribution in [-0.4, -0.2) is 34.9 Å². The van der Waals surface area contributed by atoms with Crippen molar-refractivity contribution < 1.29 is 14.7 Å². The minimum Gasteiger partial charge on any atom is -0.507 e. The van der Waals surface area contributed by atoms with Gasteiger partial charge in [-0.05, 0) is 68.3 Å². The Labute approximate surface area is 193 Å². The Hall–Kier alpha value is -3.93. The van der Waals surface area contributed by atoms with Crippen LogP contribution in [0.25, 0.3) is 5.76 Å². The summed E-state index contributed by atoms with van der Waals surface area (Å²) in [5.41, 5.74) is 3.89. The molecule has 6 nitrogen and oxygen atoms in total. The number of carbonyl (C=O) groups is 2. The Bertz CT molecular complexity index is 1200. The molecule has 33 heavy (non-hydrogen) atoms. The molecule has 0 radical (unpaired) electrons. The number of ketones is 1. The van der Waals surface area contributed by atoms with Crippen molar-refractivity contribution in [3.63, 3.8) is 0 Å². The zero-order valence-corrected chi connectivity index (χ0v) is 19.0. The second-order valence-corrected chi connectivity index (χ2v) is 7.95. The molecule has 1 atom stereocenters. The Morgan fingerprint density at radius 3 is 2.21 bits per heavy atom. The van der Waals surface area contributed by atoms with Crippen molar-refractivity contribution in [3.05, 3.63) is 95.3 Å². The molecule has 0 saturated carbocycles. The van der Waals surface area contributed by atoms with Crippen LogP contribution >= 0.6 is 0 Å². The Morgan fingerprint density at radius 1 is 0.970 bits per heavy atom. The average Bonchev–Trinajstić information content (AvgIpc) is 3.11. The number of aliphatic hydroxyl groups excluding tert-OH is 1. The van der Waals surface area contributed by atoms with Crippen LogP contribution in [0.2, 0.25) is 0 Å². The molecule has 1 amide bonds. The first-order valence-corrected chi connectivity index (χ1v) is 11.1. The van der Waals surface area contributed by atoms with Crippen molar-refractivity contribution in [2.75, 3.05) is 22.9 Å². The van der Waals surface area contributed by atoms with E-state index in [0.29, 0.717) is 11.3 Å². The summed E-state index contributed by atoms with van der Waals surface area (Å²) in [6.07, 6.45) is 3.08. The number of Topliss-reactive ketones (excluding diaryl/α,β-unsaturated/α-hetero) is 1. The minimum atomic E-state index is -0.737. The second kappa shape index (κ2) is 9.28. The molecule has 1 aliphatic rings. The standard InChI is InChI=1S/C27H27N3O3/c1-4-29(5-2)20-10-12-21(13-11-20)30-24(22-9-7-6-8-18(22)3)23(26(32)27(30)33)25(31)19-14-16-28-17-15-19/h6-17,24,31H,4-5H2,1-3H3/b25-23+. The number of carbonyl (C=O) groups excluding carboxylic acids is 2. The van der Waals surface area contributed by atoms with Crippen LogP contribution < -0.4 is 9.80 Å². The molecular weight excluding hydrogens is 414 g/mol. The molecule has 1 unspecified atom stereocenters. The number of aryl methyl sites for hydroxylation is 1. The Balaban J connectivity index is 1.89. The fourth-order valence-electron chi connectivity index (χ4n) is 4.36. The molecule has 1 fully saturated rings. The second-order valence-electron chi connectivity index (χ2n) is 7.95. The van der Waals surface area contributed by atoms with E-state index in [-0.39, 0.29) is 11.3 Å². The maximum Gasteiger partial charge on any atom is 0.300 e. The third kappa shape index (κ3) is 4.00. The van der Waals surface area contributed by atoms with Crippen LogP contribution in [0.3, 0.4) is 0 Å². The van der Waals surface area contributed by atoms with Gasteiger partial charge in [-0.3, -0.25) is 19.5 Å². The molecule has 2 aromatic carbocycles. The lowest BCUT2D eigenvalue weighted by Crippen LogP contribution is -2.30. The van der Waals surface area contributed by atoms with Crippen molar-refractivity contribution in [1.82, 2.24) is 4.98 Å². The zero-order chi connectivity index (χ0) is 23.5. The summed E-state index contributed by atoms with van der Waals surface area (Å²) in [7, 11) is 0. The molecule has 3 aromatic rings. The summed E-state index contributed by atoms with van der Waals surface area (Å²) < 4.78 is 0. The summed E-state index contributed by atoms with van der Waals surface area (Å²) in [6, 6.07) is 17.7. The molecule has 0 spiro atoms. The van der Waals surface area contributed by atoms with Crippen molar-refractivity contribution in [3.8, 4) is 0 Å². The summed E-state index contributed by atoms with van der Waals surface area (Å²) in [4.78, 5) is 34.2. The summed E-state index contributed by atoms with van der Waals surface area (Å²) in [5.74, 6) is -1.56. The number of aliphatic hydroxyl groups is 1. The van der Waals surface area contributed by atoms with Gasteiger partial charge < -0.3 is 10.0 Å². The Kier molecular flexibility index (Phi) is 6.27.